The summed E-state index contributed by atoms with van der Waals surface area (Å²) in [4.78, 5) is 5.49. The third kappa shape index (κ3) is 7.75. The summed E-state index contributed by atoms with van der Waals surface area (Å²) in [5, 5.41) is 1.15. The van der Waals surface area contributed by atoms with Crippen LogP contribution in [0.15, 0.2) is 221 Å². The molecule has 1 unspecified atom stereocenters. The molecule has 0 bridgehead atoms. The van der Waals surface area contributed by atoms with E-state index < -0.39 is 0 Å². The number of aryl methyl sites for hydroxylation is 1. The second kappa shape index (κ2) is 16.8. The molecule has 312 valence electrons. The van der Waals surface area contributed by atoms with Crippen LogP contribution in [0.2, 0.25) is 0 Å². The molecule has 0 radical (unpaired) electrons. The highest BCUT2D eigenvalue weighted by Crippen LogP contribution is 2.49. The monoisotopic (exact) mass is 827 g/mol. The van der Waals surface area contributed by atoms with Crippen LogP contribution >= 0.6 is 0 Å². The van der Waals surface area contributed by atoms with Gasteiger partial charge in [0.15, 0.2) is 0 Å². The Labute approximate surface area is 378 Å². The largest absolute Gasteiger partial charge is 0.455 e. The number of allylic oxidation sites excluding steroid dienone is 6. The van der Waals surface area contributed by atoms with E-state index in [4.69, 9.17) is 9.41 Å². The molecule has 1 atom stereocenters. The maximum Gasteiger partial charge on any atom is 0.143 e. The summed E-state index contributed by atoms with van der Waals surface area (Å²) in [5.74, 6) is 0.964. The Morgan fingerprint density at radius 2 is 1.27 bits per heavy atom. The third-order valence-electron chi connectivity index (χ3n) is 13.4. The van der Waals surface area contributed by atoms with E-state index in [2.05, 4.69) is 241 Å². The van der Waals surface area contributed by atoms with Gasteiger partial charge in [0.25, 0.3) is 0 Å². The molecule has 2 heteroatoms. The summed E-state index contributed by atoms with van der Waals surface area (Å²) in [6, 6.07) is 63.0. The Hall–Kier alpha value is -7.29. The van der Waals surface area contributed by atoms with Crippen LogP contribution in [0, 0.1) is 6.92 Å². The molecule has 0 saturated carbocycles. The second-order valence-corrected chi connectivity index (χ2v) is 18.2. The molecule has 7 aromatic carbocycles. The normalized spacial score (nSPS) is 16.5. The van der Waals surface area contributed by atoms with Gasteiger partial charge in [-0.25, -0.2) is 0 Å². The fraction of sp³-hybridized carbons (Fsp3) is 0.145. The predicted molar refractivity (Wildman–Crippen MR) is 271 cm³/mol. The molecule has 64 heavy (non-hydrogen) atoms. The number of hydrogen-bond donors (Lipinski definition) is 0. The Morgan fingerprint density at radius 3 is 1.94 bits per heavy atom. The first-order valence-electron chi connectivity index (χ1n) is 22.6. The summed E-state index contributed by atoms with van der Waals surface area (Å²) in [6.45, 7) is 11.3. The Morgan fingerprint density at radius 1 is 0.641 bits per heavy atom. The molecule has 2 nitrogen and oxygen atoms in total. The van der Waals surface area contributed by atoms with Crippen molar-refractivity contribution < 1.29 is 4.42 Å². The van der Waals surface area contributed by atoms with E-state index in [1.54, 1.807) is 0 Å². The lowest BCUT2D eigenvalue weighted by atomic mass is 9.72. The molecule has 10 rings (SSSR count). The number of rotatable bonds is 9. The minimum Gasteiger partial charge on any atom is -0.455 e. The average molecular weight is 828 g/mol. The van der Waals surface area contributed by atoms with E-state index in [0.717, 1.165) is 52.1 Å². The predicted octanol–water partition coefficient (Wildman–Crippen LogP) is 16.4. The van der Waals surface area contributed by atoms with Gasteiger partial charge in [0.05, 0.1) is 5.70 Å². The fourth-order valence-electron chi connectivity index (χ4n) is 9.67. The number of benzene rings is 7. The molecule has 1 aromatic heterocycles. The number of nitrogens with zero attached hydrogens (tertiary/aromatic N) is 1. The lowest BCUT2D eigenvalue weighted by Crippen LogP contribution is -2.23. The van der Waals surface area contributed by atoms with Crippen LogP contribution in [0.1, 0.15) is 73.1 Å². The summed E-state index contributed by atoms with van der Waals surface area (Å²) in [6.07, 6.45) is 13.5. The van der Waals surface area contributed by atoms with Crippen molar-refractivity contribution in [2.24, 2.45) is 4.99 Å². The molecule has 1 heterocycles. The standard InChI is InChI=1S/C62H53NO/c1-42-17-12-13-23-52(42)53-36-33-50-22-16-25-55(58(50)60-59(53)54-24-14-15-26-57(54)64-60)62(5)39-37-44(38-40-62)43(2)63-56(49-29-27-47(28-30-49)45-18-8-6-9-19-45)41-61(3,4)51-34-31-48(32-35-51)46-20-10-7-11-21-46/h6-32,34-39,41H,33,40H2,1-5H3/b56-41-,63-43?. The zero-order valence-electron chi connectivity index (χ0n) is 37.4. The molecule has 2 aliphatic carbocycles. The van der Waals surface area contributed by atoms with Crippen molar-refractivity contribution >= 4 is 28.0 Å². The van der Waals surface area contributed by atoms with Crippen LogP contribution in [-0.4, -0.2) is 5.71 Å². The van der Waals surface area contributed by atoms with Crippen molar-refractivity contribution in [1.82, 2.24) is 0 Å². The number of hydrogen-bond acceptors (Lipinski definition) is 2. The van der Waals surface area contributed by atoms with Crippen LogP contribution in [0.5, 0.6) is 0 Å². The van der Waals surface area contributed by atoms with Crippen LogP contribution in [0.4, 0.5) is 0 Å². The summed E-state index contributed by atoms with van der Waals surface area (Å²) in [5.41, 5.74) is 19.3. The van der Waals surface area contributed by atoms with Gasteiger partial charge < -0.3 is 4.42 Å². The van der Waals surface area contributed by atoms with Gasteiger partial charge in [-0.05, 0) is 106 Å². The zero-order chi connectivity index (χ0) is 43.8. The first kappa shape index (κ1) is 40.8. The zero-order valence-corrected chi connectivity index (χ0v) is 37.4. The first-order chi connectivity index (χ1) is 31.1. The highest BCUT2D eigenvalue weighted by Gasteiger charge is 2.34. The van der Waals surface area contributed by atoms with E-state index >= 15 is 0 Å². The first-order valence-corrected chi connectivity index (χ1v) is 22.6. The van der Waals surface area contributed by atoms with Crippen molar-refractivity contribution in [1.29, 1.82) is 0 Å². The number of aliphatic imine (C=N–C) groups is 1. The minimum atomic E-state index is -0.295. The number of furan rings is 1. The van der Waals surface area contributed by atoms with Gasteiger partial charge in [-0.2, -0.15) is 0 Å². The maximum atomic E-state index is 6.93. The van der Waals surface area contributed by atoms with Crippen LogP contribution in [0.25, 0.3) is 55.8 Å². The molecule has 2 aliphatic rings. The quantitative estimate of drug-likeness (QED) is 0.133. The van der Waals surface area contributed by atoms with Crippen molar-refractivity contribution in [3.8, 4) is 33.6 Å². The van der Waals surface area contributed by atoms with Crippen LogP contribution in [-0.2, 0) is 17.3 Å². The highest BCUT2D eigenvalue weighted by atomic mass is 16.3. The molecule has 0 aliphatic heterocycles. The van der Waals surface area contributed by atoms with Crippen LogP contribution in [0.3, 0.4) is 0 Å². The van der Waals surface area contributed by atoms with E-state index in [1.807, 2.05) is 0 Å². The molecule has 0 fully saturated rings. The lowest BCUT2D eigenvalue weighted by Gasteiger charge is -2.31. The molecular weight excluding hydrogens is 775 g/mol. The lowest BCUT2D eigenvalue weighted by molar-refractivity contribution is 0.588. The molecule has 0 amide bonds. The Balaban J connectivity index is 1.00. The average Bonchev–Trinajstić information content (AvgIpc) is 3.63. The van der Waals surface area contributed by atoms with E-state index in [0.29, 0.717) is 0 Å². The van der Waals surface area contributed by atoms with E-state index in [-0.39, 0.29) is 10.8 Å². The maximum absolute atomic E-state index is 6.93. The number of para-hydroxylation sites is 1. The Kier molecular flexibility index (Phi) is 10.7. The van der Waals surface area contributed by atoms with Gasteiger partial charge in [-0.1, -0.05) is 215 Å². The summed E-state index contributed by atoms with van der Waals surface area (Å²) < 4.78 is 6.93. The number of fused-ring (bicyclic) bond motifs is 5. The molecule has 0 saturated heterocycles. The fourth-order valence-corrected chi connectivity index (χ4v) is 9.67. The van der Waals surface area contributed by atoms with E-state index in [9.17, 15) is 0 Å². The summed E-state index contributed by atoms with van der Waals surface area (Å²) >= 11 is 0. The van der Waals surface area contributed by atoms with E-state index in [1.165, 1.54) is 66.8 Å². The smallest absolute Gasteiger partial charge is 0.143 e. The van der Waals surface area contributed by atoms with Crippen molar-refractivity contribution in [3.63, 3.8) is 0 Å². The molecule has 0 N–H and O–H groups in total. The molecule has 8 aromatic rings. The van der Waals surface area contributed by atoms with Gasteiger partial charge in [-0.3, -0.25) is 4.99 Å². The van der Waals surface area contributed by atoms with Gasteiger partial charge in [0.1, 0.15) is 11.3 Å². The van der Waals surface area contributed by atoms with Crippen LogP contribution < -0.4 is 0 Å². The van der Waals surface area contributed by atoms with Gasteiger partial charge in [-0.15, -0.1) is 0 Å². The third-order valence-corrected chi connectivity index (χ3v) is 13.4. The second-order valence-electron chi connectivity index (χ2n) is 18.2. The van der Waals surface area contributed by atoms with Crippen molar-refractivity contribution in [2.45, 2.75) is 58.3 Å². The topological polar surface area (TPSA) is 25.5 Å². The van der Waals surface area contributed by atoms with Gasteiger partial charge in [0, 0.05) is 33.1 Å². The molecular formula is C62H53NO. The minimum absolute atomic E-state index is 0.265. The SMILES string of the molecule is CC(=N/C(=C\C(C)(C)c1ccc(-c2ccccc2)cc1)c1ccc(-c2ccccc2)cc1)C1=CCC(C)(c2cccc3c2-c2oc4ccccc4c2C(c2ccccc2C)=CC3)C=C1. The molecule has 0 spiro atoms. The van der Waals surface area contributed by atoms with Crippen molar-refractivity contribution in [3.05, 3.63) is 251 Å². The van der Waals surface area contributed by atoms with Crippen molar-refractivity contribution in [2.75, 3.05) is 0 Å². The summed E-state index contributed by atoms with van der Waals surface area (Å²) in [7, 11) is 0. The van der Waals surface area contributed by atoms with Gasteiger partial charge in [0.2, 0.25) is 0 Å². The highest BCUT2D eigenvalue weighted by molar-refractivity contribution is 6.05. The Bertz CT molecular complexity index is 3170. The van der Waals surface area contributed by atoms with Gasteiger partial charge >= 0.3 is 0 Å².